The zero-order valence-electron chi connectivity index (χ0n) is 9.13. The molecule has 0 aliphatic heterocycles. The third-order valence-corrected chi connectivity index (χ3v) is 2.56. The first-order chi connectivity index (χ1) is 8.16. The Bertz CT molecular complexity index is 491. The molecule has 5 nitrogen and oxygen atoms in total. The third-order valence-electron chi connectivity index (χ3n) is 2.56. The normalized spacial score (nSPS) is 12.3. The quantitative estimate of drug-likeness (QED) is 0.732. The van der Waals surface area contributed by atoms with Crippen LogP contribution in [0.2, 0.25) is 0 Å². The summed E-state index contributed by atoms with van der Waals surface area (Å²) in [6, 6.07) is 6.76. The van der Waals surface area contributed by atoms with Crippen LogP contribution in [-0.2, 0) is 11.2 Å². The van der Waals surface area contributed by atoms with E-state index in [1.165, 1.54) is 0 Å². The molecule has 17 heavy (non-hydrogen) atoms. The minimum absolute atomic E-state index is 0.334. The van der Waals surface area contributed by atoms with Gasteiger partial charge < -0.3 is 10.8 Å². The third kappa shape index (κ3) is 2.70. The molecule has 1 aromatic carbocycles. The van der Waals surface area contributed by atoms with Gasteiger partial charge in [-0.2, -0.15) is 5.10 Å². The molecule has 1 heterocycles. The molecule has 1 aromatic heterocycles. The second-order valence-electron chi connectivity index (χ2n) is 3.83. The fraction of sp³-hybridized carbons (Fsp3) is 0.167. The number of aliphatic carboxylic acids is 1. The van der Waals surface area contributed by atoms with Crippen molar-refractivity contribution in [2.75, 3.05) is 0 Å². The molecule has 0 bridgehead atoms. The van der Waals surface area contributed by atoms with Crippen LogP contribution in [0.4, 0.5) is 0 Å². The van der Waals surface area contributed by atoms with E-state index < -0.39 is 12.0 Å². The number of aromatic amines is 1. The molecule has 2 rings (SSSR count). The molecule has 0 aliphatic rings. The molecule has 0 radical (unpaired) electrons. The van der Waals surface area contributed by atoms with Crippen molar-refractivity contribution in [2.24, 2.45) is 5.73 Å². The SMILES string of the molecule is N[C@@H](Cc1ccc(-c2cn[nH]c2)cc1)C(=O)O. The first-order valence-electron chi connectivity index (χ1n) is 5.23. The molecular weight excluding hydrogens is 218 g/mol. The van der Waals surface area contributed by atoms with Crippen LogP contribution in [-0.4, -0.2) is 27.3 Å². The maximum atomic E-state index is 10.6. The first-order valence-corrected chi connectivity index (χ1v) is 5.23. The van der Waals surface area contributed by atoms with E-state index in [0.29, 0.717) is 6.42 Å². The number of H-pyrrole nitrogens is 1. The highest BCUT2D eigenvalue weighted by atomic mass is 16.4. The van der Waals surface area contributed by atoms with Gasteiger partial charge in [0.15, 0.2) is 0 Å². The fourth-order valence-electron chi connectivity index (χ4n) is 1.58. The molecule has 0 unspecified atom stereocenters. The number of hydrogen-bond donors (Lipinski definition) is 3. The van der Waals surface area contributed by atoms with Gasteiger partial charge in [0.25, 0.3) is 0 Å². The number of rotatable bonds is 4. The van der Waals surface area contributed by atoms with Crippen molar-refractivity contribution in [1.82, 2.24) is 10.2 Å². The first kappa shape index (κ1) is 11.3. The lowest BCUT2D eigenvalue weighted by molar-refractivity contribution is -0.138. The average Bonchev–Trinajstić information content (AvgIpc) is 2.83. The highest BCUT2D eigenvalue weighted by molar-refractivity contribution is 5.73. The molecule has 0 aliphatic carbocycles. The number of aromatic nitrogens is 2. The Balaban J connectivity index is 2.11. The van der Waals surface area contributed by atoms with Gasteiger partial charge in [0, 0.05) is 11.8 Å². The van der Waals surface area contributed by atoms with Crippen LogP contribution < -0.4 is 5.73 Å². The number of carboxylic acids is 1. The average molecular weight is 231 g/mol. The second kappa shape index (κ2) is 4.80. The van der Waals surface area contributed by atoms with E-state index >= 15 is 0 Å². The number of nitrogens with two attached hydrogens (primary N) is 1. The van der Waals surface area contributed by atoms with Crippen molar-refractivity contribution < 1.29 is 9.90 Å². The van der Waals surface area contributed by atoms with Gasteiger partial charge in [-0.1, -0.05) is 24.3 Å². The van der Waals surface area contributed by atoms with Gasteiger partial charge in [-0.15, -0.1) is 0 Å². The smallest absolute Gasteiger partial charge is 0.320 e. The van der Waals surface area contributed by atoms with Gasteiger partial charge in [0.1, 0.15) is 6.04 Å². The number of carboxylic acid groups (broad SMARTS) is 1. The molecule has 2 aromatic rings. The summed E-state index contributed by atoms with van der Waals surface area (Å²) in [5, 5.41) is 15.3. The van der Waals surface area contributed by atoms with E-state index in [2.05, 4.69) is 10.2 Å². The molecule has 5 heteroatoms. The summed E-state index contributed by atoms with van der Waals surface area (Å²) in [5.41, 5.74) is 8.41. The highest BCUT2D eigenvalue weighted by Crippen LogP contribution is 2.18. The minimum Gasteiger partial charge on any atom is -0.480 e. The predicted molar refractivity (Wildman–Crippen MR) is 63.3 cm³/mol. The summed E-state index contributed by atoms with van der Waals surface area (Å²) >= 11 is 0. The second-order valence-corrected chi connectivity index (χ2v) is 3.83. The van der Waals surface area contributed by atoms with E-state index in [-0.39, 0.29) is 0 Å². The van der Waals surface area contributed by atoms with Crippen LogP contribution in [0.25, 0.3) is 11.1 Å². The monoisotopic (exact) mass is 231 g/mol. The van der Waals surface area contributed by atoms with Crippen molar-refractivity contribution in [3.8, 4) is 11.1 Å². The summed E-state index contributed by atoms with van der Waals surface area (Å²) in [7, 11) is 0. The summed E-state index contributed by atoms with van der Waals surface area (Å²) in [4.78, 5) is 10.6. The van der Waals surface area contributed by atoms with Crippen molar-refractivity contribution in [3.63, 3.8) is 0 Å². The predicted octanol–water partition coefficient (Wildman–Crippen LogP) is 1.03. The number of benzene rings is 1. The molecule has 88 valence electrons. The van der Waals surface area contributed by atoms with Gasteiger partial charge in [0.2, 0.25) is 0 Å². The molecule has 0 amide bonds. The summed E-state index contributed by atoms with van der Waals surface area (Å²) in [6.45, 7) is 0. The van der Waals surface area contributed by atoms with Gasteiger partial charge in [0.05, 0.1) is 6.20 Å². The van der Waals surface area contributed by atoms with Crippen LogP contribution in [0.5, 0.6) is 0 Å². The Morgan fingerprint density at radius 1 is 1.35 bits per heavy atom. The fourth-order valence-corrected chi connectivity index (χ4v) is 1.58. The van der Waals surface area contributed by atoms with E-state index in [1.54, 1.807) is 12.4 Å². The van der Waals surface area contributed by atoms with Crippen molar-refractivity contribution >= 4 is 5.97 Å². The zero-order chi connectivity index (χ0) is 12.3. The lowest BCUT2D eigenvalue weighted by Crippen LogP contribution is -2.32. The lowest BCUT2D eigenvalue weighted by atomic mass is 10.0. The van der Waals surface area contributed by atoms with E-state index in [4.69, 9.17) is 10.8 Å². The largest absolute Gasteiger partial charge is 0.480 e. The maximum Gasteiger partial charge on any atom is 0.320 e. The van der Waals surface area contributed by atoms with E-state index in [0.717, 1.165) is 16.7 Å². The highest BCUT2D eigenvalue weighted by Gasteiger charge is 2.11. The molecule has 0 spiro atoms. The van der Waals surface area contributed by atoms with Crippen molar-refractivity contribution in [1.29, 1.82) is 0 Å². The Morgan fingerprint density at radius 3 is 2.59 bits per heavy atom. The molecule has 1 atom stereocenters. The van der Waals surface area contributed by atoms with Gasteiger partial charge in [-0.25, -0.2) is 0 Å². The topological polar surface area (TPSA) is 92.0 Å². The minimum atomic E-state index is -0.982. The van der Waals surface area contributed by atoms with Crippen LogP contribution in [0.1, 0.15) is 5.56 Å². The van der Waals surface area contributed by atoms with Crippen LogP contribution in [0.15, 0.2) is 36.7 Å². The Morgan fingerprint density at radius 2 is 2.06 bits per heavy atom. The van der Waals surface area contributed by atoms with E-state index in [1.807, 2.05) is 24.3 Å². The lowest BCUT2D eigenvalue weighted by Gasteiger charge is -2.06. The number of hydrogen-bond acceptors (Lipinski definition) is 3. The number of carbonyl (C=O) groups is 1. The van der Waals surface area contributed by atoms with E-state index in [9.17, 15) is 4.79 Å². The summed E-state index contributed by atoms with van der Waals surface area (Å²) in [5.74, 6) is -0.982. The summed E-state index contributed by atoms with van der Waals surface area (Å²) < 4.78 is 0. The Kier molecular flexibility index (Phi) is 3.20. The van der Waals surface area contributed by atoms with Crippen molar-refractivity contribution in [3.05, 3.63) is 42.2 Å². The summed E-state index contributed by atoms with van der Waals surface area (Å²) in [6.07, 6.45) is 3.87. The number of nitrogens with zero attached hydrogens (tertiary/aromatic N) is 1. The molecule has 4 N–H and O–H groups in total. The van der Waals surface area contributed by atoms with Crippen LogP contribution in [0, 0.1) is 0 Å². The van der Waals surface area contributed by atoms with Gasteiger partial charge in [-0.3, -0.25) is 9.89 Å². The molecule has 0 saturated carbocycles. The zero-order valence-corrected chi connectivity index (χ0v) is 9.13. The van der Waals surface area contributed by atoms with Gasteiger partial charge >= 0.3 is 5.97 Å². The molecular formula is C12H13N3O2. The van der Waals surface area contributed by atoms with Crippen molar-refractivity contribution in [2.45, 2.75) is 12.5 Å². The van der Waals surface area contributed by atoms with Crippen LogP contribution >= 0.6 is 0 Å². The Labute approximate surface area is 98.3 Å². The van der Waals surface area contributed by atoms with Crippen LogP contribution in [0.3, 0.4) is 0 Å². The Hall–Kier alpha value is -2.14. The molecule has 0 fully saturated rings. The standard InChI is InChI=1S/C12H13N3O2/c13-11(12(16)17)5-8-1-3-9(4-2-8)10-6-14-15-7-10/h1-4,6-7,11H,5,13H2,(H,14,15)(H,16,17)/t11-/m0/s1. The van der Waals surface area contributed by atoms with Gasteiger partial charge in [-0.05, 0) is 17.5 Å². The molecule has 0 saturated heterocycles. The number of nitrogens with one attached hydrogen (secondary N) is 1. The maximum absolute atomic E-state index is 10.6.